The number of halogens is 1. The Kier molecular flexibility index (Phi) is 1.07. The first-order valence-electron chi connectivity index (χ1n) is 1.90. The first-order valence-corrected chi connectivity index (χ1v) is 2.70. The van der Waals surface area contributed by atoms with Gasteiger partial charge in [-0.15, -0.1) is 10.2 Å². The minimum Gasteiger partial charge on any atom is -0.465 e. The summed E-state index contributed by atoms with van der Waals surface area (Å²) in [4.78, 5) is 10.4. The van der Waals surface area contributed by atoms with E-state index >= 15 is 0 Å². The highest BCUT2D eigenvalue weighted by molar-refractivity contribution is 9.10. The molecular weight excluding hydrogens is 176 g/mol. The summed E-state index contributed by atoms with van der Waals surface area (Å²) in [6.07, 6.45) is 0. The molecule has 1 aliphatic rings. The van der Waals surface area contributed by atoms with Crippen molar-refractivity contribution in [1.82, 2.24) is 0 Å². The number of carbonyl (C=O) groups excluding carboxylic acids is 1. The van der Waals surface area contributed by atoms with E-state index in [1.165, 1.54) is 7.11 Å². The van der Waals surface area contributed by atoms with Crippen LogP contribution in [0.25, 0.3) is 0 Å². The zero-order valence-corrected chi connectivity index (χ0v) is 5.67. The van der Waals surface area contributed by atoms with Crippen molar-refractivity contribution in [3.63, 3.8) is 0 Å². The third-order valence-corrected chi connectivity index (χ3v) is 1.36. The van der Waals surface area contributed by atoms with E-state index in [4.69, 9.17) is 0 Å². The highest BCUT2D eigenvalue weighted by Crippen LogP contribution is 2.35. The Labute approximate surface area is 54.1 Å². The summed E-state index contributed by atoms with van der Waals surface area (Å²) in [7, 11) is 1.29. The first-order chi connectivity index (χ1) is 3.69. The van der Waals surface area contributed by atoms with Gasteiger partial charge in [-0.2, -0.15) is 0 Å². The molecule has 0 aromatic heterocycles. The van der Waals surface area contributed by atoms with Crippen LogP contribution in [0.3, 0.4) is 0 Å². The van der Waals surface area contributed by atoms with Crippen LogP contribution in [-0.2, 0) is 9.53 Å². The lowest BCUT2D eigenvalue weighted by molar-refractivity contribution is -0.141. The SMILES string of the molecule is COC(=O)C1(Br)N=N1. The molecule has 0 radical (unpaired) electrons. The molecule has 44 valence electrons. The van der Waals surface area contributed by atoms with Crippen LogP contribution in [0.1, 0.15) is 0 Å². The van der Waals surface area contributed by atoms with Gasteiger partial charge in [-0.05, 0) is 15.9 Å². The standard InChI is InChI=1S/C3H3BrN2O2/c1-8-2(7)3(4)5-6-3/h1H3. The maximum atomic E-state index is 10.4. The molecule has 5 heteroatoms. The molecular formula is C3H3BrN2O2. The lowest BCUT2D eigenvalue weighted by Crippen LogP contribution is -2.17. The second-order valence-electron chi connectivity index (χ2n) is 1.28. The molecule has 0 bridgehead atoms. The van der Waals surface area contributed by atoms with Crippen molar-refractivity contribution in [2.75, 3.05) is 7.11 Å². The smallest absolute Gasteiger partial charge is 0.371 e. The van der Waals surface area contributed by atoms with Gasteiger partial charge in [0, 0.05) is 0 Å². The zero-order valence-electron chi connectivity index (χ0n) is 4.09. The number of hydrogen-bond donors (Lipinski definition) is 0. The largest absolute Gasteiger partial charge is 0.465 e. The molecule has 1 heterocycles. The number of carbonyl (C=O) groups is 1. The molecule has 0 fully saturated rings. The normalized spacial score (nSPS) is 20.2. The van der Waals surface area contributed by atoms with Crippen LogP contribution in [0.4, 0.5) is 0 Å². The molecule has 0 aromatic carbocycles. The molecule has 4 nitrogen and oxygen atoms in total. The van der Waals surface area contributed by atoms with E-state index in [0.29, 0.717) is 0 Å². The summed E-state index contributed by atoms with van der Waals surface area (Å²) in [5.74, 6) is -0.475. The van der Waals surface area contributed by atoms with Gasteiger partial charge in [0.15, 0.2) is 0 Å². The van der Waals surface area contributed by atoms with Gasteiger partial charge in [0.25, 0.3) is 0 Å². The molecule has 0 unspecified atom stereocenters. The van der Waals surface area contributed by atoms with E-state index in [9.17, 15) is 4.79 Å². The van der Waals surface area contributed by atoms with Crippen LogP contribution in [0.15, 0.2) is 10.2 Å². The second kappa shape index (κ2) is 1.51. The summed E-state index contributed by atoms with van der Waals surface area (Å²) in [5.41, 5.74) is 0. The Balaban J connectivity index is 2.48. The van der Waals surface area contributed by atoms with Gasteiger partial charge in [0.1, 0.15) is 0 Å². The Bertz CT molecular complexity index is 149. The highest BCUT2D eigenvalue weighted by atomic mass is 79.9. The number of esters is 1. The monoisotopic (exact) mass is 178 g/mol. The molecule has 1 rings (SSSR count). The number of ether oxygens (including phenoxy) is 1. The fourth-order valence-corrected chi connectivity index (χ4v) is 0.497. The zero-order chi connectivity index (χ0) is 6.20. The Morgan fingerprint density at radius 3 is 2.38 bits per heavy atom. The quantitative estimate of drug-likeness (QED) is 0.337. The summed E-state index contributed by atoms with van der Waals surface area (Å²) in [5, 5.41) is 6.74. The lowest BCUT2D eigenvalue weighted by atomic mass is 10.6. The summed E-state index contributed by atoms with van der Waals surface area (Å²) in [6.45, 7) is 0. The van der Waals surface area contributed by atoms with Crippen molar-refractivity contribution < 1.29 is 9.53 Å². The molecule has 1 aliphatic heterocycles. The third-order valence-electron chi connectivity index (χ3n) is 0.721. The second-order valence-corrected chi connectivity index (χ2v) is 2.38. The van der Waals surface area contributed by atoms with E-state index in [-0.39, 0.29) is 0 Å². The summed E-state index contributed by atoms with van der Waals surface area (Å²) in [6, 6.07) is 0. The first kappa shape index (κ1) is 5.68. The van der Waals surface area contributed by atoms with Crippen LogP contribution in [-0.4, -0.2) is 17.7 Å². The number of nitrogens with zero attached hydrogens (tertiary/aromatic N) is 2. The minimum atomic E-state index is -1.04. The molecule has 0 saturated carbocycles. The third kappa shape index (κ3) is 0.730. The maximum absolute atomic E-state index is 10.4. The molecule has 0 amide bonds. The van der Waals surface area contributed by atoms with Crippen molar-refractivity contribution >= 4 is 21.9 Å². The lowest BCUT2D eigenvalue weighted by Gasteiger charge is -1.95. The van der Waals surface area contributed by atoms with Gasteiger partial charge >= 0.3 is 10.5 Å². The molecule has 0 aromatic rings. The van der Waals surface area contributed by atoms with Crippen LogP contribution in [0, 0.1) is 0 Å². The average Bonchev–Trinajstić information content (AvgIpc) is 2.47. The van der Waals surface area contributed by atoms with E-state index < -0.39 is 10.5 Å². The number of alkyl halides is 1. The van der Waals surface area contributed by atoms with Crippen molar-refractivity contribution in [1.29, 1.82) is 0 Å². The van der Waals surface area contributed by atoms with E-state index in [2.05, 4.69) is 30.9 Å². The number of hydrogen-bond acceptors (Lipinski definition) is 4. The predicted molar refractivity (Wildman–Crippen MR) is 28.5 cm³/mol. The molecule has 0 saturated heterocycles. The van der Waals surface area contributed by atoms with Crippen LogP contribution < -0.4 is 0 Å². The number of methoxy groups -OCH3 is 1. The van der Waals surface area contributed by atoms with Crippen molar-refractivity contribution in [2.45, 2.75) is 4.57 Å². The maximum Gasteiger partial charge on any atom is 0.371 e. The van der Waals surface area contributed by atoms with Gasteiger partial charge in [0.05, 0.1) is 7.11 Å². The van der Waals surface area contributed by atoms with Gasteiger partial charge in [-0.1, -0.05) is 0 Å². The fourth-order valence-electron chi connectivity index (χ4n) is 0.255. The van der Waals surface area contributed by atoms with Gasteiger partial charge in [-0.3, -0.25) is 0 Å². The topological polar surface area (TPSA) is 51.0 Å². The number of rotatable bonds is 1. The highest BCUT2D eigenvalue weighted by Gasteiger charge is 2.47. The Morgan fingerprint density at radius 1 is 1.75 bits per heavy atom. The average molecular weight is 179 g/mol. The van der Waals surface area contributed by atoms with E-state index in [1.54, 1.807) is 0 Å². The van der Waals surface area contributed by atoms with Crippen molar-refractivity contribution in [3.05, 3.63) is 0 Å². The molecule has 0 spiro atoms. The molecule has 8 heavy (non-hydrogen) atoms. The van der Waals surface area contributed by atoms with Gasteiger partial charge in [0.2, 0.25) is 0 Å². The Morgan fingerprint density at radius 2 is 2.25 bits per heavy atom. The molecule has 0 atom stereocenters. The minimum absolute atomic E-state index is 0.475. The molecule has 0 N–H and O–H groups in total. The fraction of sp³-hybridized carbons (Fsp3) is 0.667. The van der Waals surface area contributed by atoms with Gasteiger partial charge in [-0.25, -0.2) is 4.79 Å². The van der Waals surface area contributed by atoms with Crippen molar-refractivity contribution in [2.24, 2.45) is 10.2 Å². The van der Waals surface area contributed by atoms with Crippen LogP contribution in [0.2, 0.25) is 0 Å². The summed E-state index contributed by atoms with van der Waals surface area (Å²) >= 11 is 2.91. The van der Waals surface area contributed by atoms with Gasteiger partial charge < -0.3 is 4.74 Å². The van der Waals surface area contributed by atoms with Crippen molar-refractivity contribution in [3.8, 4) is 0 Å². The van der Waals surface area contributed by atoms with Crippen LogP contribution in [0.5, 0.6) is 0 Å². The predicted octanol–water partition coefficient (Wildman–Crippen LogP) is 0.674. The van der Waals surface area contributed by atoms with Crippen LogP contribution >= 0.6 is 15.9 Å². The van der Waals surface area contributed by atoms with E-state index in [1.807, 2.05) is 0 Å². The Hall–Kier alpha value is -0.450. The molecule has 0 aliphatic carbocycles. The van der Waals surface area contributed by atoms with E-state index in [0.717, 1.165) is 0 Å². The summed E-state index contributed by atoms with van der Waals surface area (Å²) < 4.78 is 3.26.